The van der Waals surface area contributed by atoms with Gasteiger partial charge >= 0.3 is 0 Å². The van der Waals surface area contributed by atoms with E-state index in [-0.39, 0.29) is 0 Å². The maximum Gasteiger partial charge on any atom is 0.0619 e. The molecule has 0 amide bonds. The van der Waals surface area contributed by atoms with Gasteiger partial charge in [-0.05, 0) is 70.1 Å². The molecule has 0 fully saturated rings. The highest BCUT2D eigenvalue weighted by Crippen LogP contribution is 2.39. The Kier molecular flexibility index (Phi) is 4.93. The normalized spacial score (nSPS) is 11.8. The Morgan fingerprint density at radius 3 is 1.98 bits per heavy atom. The number of nitrogens with one attached hydrogen (secondary N) is 1. The first-order valence-corrected chi connectivity index (χ1v) is 14.4. The first-order valence-electron chi connectivity index (χ1n) is 14.4. The maximum absolute atomic E-state index is 3.56. The number of aromatic nitrogens is 2. The predicted molar refractivity (Wildman–Crippen MR) is 179 cm³/mol. The lowest BCUT2D eigenvalue weighted by Gasteiger charge is -2.12. The zero-order chi connectivity index (χ0) is 27.6. The molecule has 9 aromatic rings. The molecule has 7 aromatic carbocycles. The molecule has 0 radical (unpaired) electrons. The molecule has 0 saturated heterocycles. The summed E-state index contributed by atoms with van der Waals surface area (Å²) in [4.78, 5) is 3.56. The van der Waals surface area contributed by atoms with E-state index in [1.165, 1.54) is 82.3 Å². The zero-order valence-corrected chi connectivity index (χ0v) is 22.9. The first-order chi connectivity index (χ1) is 20.8. The van der Waals surface area contributed by atoms with Gasteiger partial charge in [-0.25, -0.2) is 0 Å². The van der Waals surface area contributed by atoms with Gasteiger partial charge in [-0.2, -0.15) is 0 Å². The Bertz CT molecular complexity index is 2460. The smallest absolute Gasteiger partial charge is 0.0619 e. The topological polar surface area (TPSA) is 20.7 Å². The molecule has 0 atom stereocenters. The second-order valence-electron chi connectivity index (χ2n) is 11.1. The molecular weight excluding hydrogens is 508 g/mol. The van der Waals surface area contributed by atoms with E-state index >= 15 is 0 Å². The number of nitrogens with zero attached hydrogens (tertiary/aromatic N) is 1. The van der Waals surface area contributed by atoms with Crippen molar-refractivity contribution in [3.63, 3.8) is 0 Å². The molecule has 0 aliphatic carbocycles. The Morgan fingerprint density at radius 1 is 0.381 bits per heavy atom. The molecule has 2 heterocycles. The summed E-state index contributed by atoms with van der Waals surface area (Å²) in [6.07, 6.45) is 0. The van der Waals surface area contributed by atoms with Crippen molar-refractivity contribution < 1.29 is 0 Å². The summed E-state index contributed by atoms with van der Waals surface area (Å²) in [5.74, 6) is 0. The van der Waals surface area contributed by atoms with Gasteiger partial charge in [-0.15, -0.1) is 0 Å². The van der Waals surface area contributed by atoms with Crippen LogP contribution in [0.2, 0.25) is 0 Å². The fourth-order valence-corrected chi connectivity index (χ4v) is 6.71. The quantitative estimate of drug-likeness (QED) is 0.233. The van der Waals surface area contributed by atoms with Crippen LogP contribution in [0, 0.1) is 0 Å². The monoisotopic (exact) mass is 534 g/mol. The van der Waals surface area contributed by atoms with E-state index in [2.05, 4.69) is 161 Å². The highest BCUT2D eigenvalue weighted by Gasteiger charge is 2.17. The van der Waals surface area contributed by atoms with Gasteiger partial charge in [0.1, 0.15) is 0 Å². The summed E-state index contributed by atoms with van der Waals surface area (Å²) >= 11 is 0. The van der Waals surface area contributed by atoms with Crippen LogP contribution in [-0.4, -0.2) is 9.55 Å². The Balaban J connectivity index is 1.31. The third-order valence-electron chi connectivity index (χ3n) is 8.70. The number of fused-ring (bicyclic) bond motifs is 8. The van der Waals surface area contributed by atoms with E-state index in [4.69, 9.17) is 0 Å². The van der Waals surface area contributed by atoms with Gasteiger partial charge in [0.15, 0.2) is 0 Å². The number of rotatable bonds is 3. The van der Waals surface area contributed by atoms with Gasteiger partial charge in [0.2, 0.25) is 0 Å². The van der Waals surface area contributed by atoms with Crippen molar-refractivity contribution in [2.45, 2.75) is 0 Å². The van der Waals surface area contributed by atoms with Crippen molar-refractivity contribution in [1.82, 2.24) is 9.55 Å². The molecule has 9 rings (SSSR count). The summed E-state index contributed by atoms with van der Waals surface area (Å²) in [6.45, 7) is 0. The average molecular weight is 535 g/mol. The molecule has 1 N–H and O–H groups in total. The number of benzene rings is 7. The second kappa shape index (κ2) is 8.95. The molecule has 0 bridgehead atoms. The molecule has 2 heteroatoms. The maximum atomic E-state index is 3.56. The molecule has 0 aliphatic rings. The first kappa shape index (κ1) is 23.1. The molecule has 196 valence electrons. The van der Waals surface area contributed by atoms with Gasteiger partial charge in [-0.1, -0.05) is 109 Å². The van der Waals surface area contributed by atoms with Gasteiger partial charge in [0, 0.05) is 43.7 Å². The number of hydrogen-bond donors (Lipinski definition) is 1. The molecule has 42 heavy (non-hydrogen) atoms. The van der Waals surface area contributed by atoms with Gasteiger partial charge in [0.25, 0.3) is 0 Å². The molecule has 0 aliphatic heterocycles. The van der Waals surface area contributed by atoms with E-state index in [0.29, 0.717) is 0 Å². The highest BCUT2D eigenvalue weighted by atomic mass is 15.0. The highest BCUT2D eigenvalue weighted by molar-refractivity contribution is 6.19. The molecule has 0 spiro atoms. The van der Waals surface area contributed by atoms with Gasteiger partial charge in [-0.3, -0.25) is 0 Å². The van der Waals surface area contributed by atoms with Crippen molar-refractivity contribution in [1.29, 1.82) is 0 Å². The van der Waals surface area contributed by atoms with Crippen LogP contribution in [0.15, 0.2) is 152 Å². The van der Waals surface area contributed by atoms with Crippen LogP contribution in [-0.2, 0) is 0 Å². The van der Waals surface area contributed by atoms with Crippen LogP contribution in [0.25, 0.3) is 82.3 Å². The van der Waals surface area contributed by atoms with Crippen molar-refractivity contribution in [3.8, 4) is 27.9 Å². The Labute approximate surface area is 243 Å². The van der Waals surface area contributed by atoms with Crippen molar-refractivity contribution in [2.24, 2.45) is 0 Å². The van der Waals surface area contributed by atoms with Crippen LogP contribution in [0.4, 0.5) is 0 Å². The summed E-state index contributed by atoms with van der Waals surface area (Å²) in [6, 6.07) is 55.1. The van der Waals surface area contributed by atoms with Crippen molar-refractivity contribution in [3.05, 3.63) is 152 Å². The standard InChI is InChI=1S/C40H26N2/c1-2-9-26(10-3-1)28-12-8-13-31(23-28)42-39-22-19-30(25-36(39)34-20-17-27-11-4-5-14-32(27)40(34)42)29-18-21-38-35(24-29)33-15-6-7-16-37(33)41-38/h1-25,41H. The second-order valence-corrected chi connectivity index (χ2v) is 11.1. The lowest BCUT2D eigenvalue weighted by molar-refractivity contribution is 1.19. The van der Waals surface area contributed by atoms with E-state index in [0.717, 1.165) is 0 Å². The minimum absolute atomic E-state index is 1.17. The van der Waals surface area contributed by atoms with Gasteiger partial charge < -0.3 is 9.55 Å². The minimum Gasteiger partial charge on any atom is -0.355 e. The minimum atomic E-state index is 1.17. The third kappa shape index (κ3) is 3.45. The molecule has 0 unspecified atom stereocenters. The molecule has 0 saturated carbocycles. The van der Waals surface area contributed by atoms with Crippen LogP contribution < -0.4 is 0 Å². The van der Waals surface area contributed by atoms with Crippen LogP contribution in [0.3, 0.4) is 0 Å². The summed E-state index contributed by atoms with van der Waals surface area (Å²) in [7, 11) is 0. The number of hydrogen-bond acceptors (Lipinski definition) is 0. The van der Waals surface area contributed by atoms with Crippen LogP contribution in [0.5, 0.6) is 0 Å². The van der Waals surface area contributed by atoms with E-state index < -0.39 is 0 Å². The summed E-state index contributed by atoms with van der Waals surface area (Å²) in [5.41, 5.74) is 10.9. The van der Waals surface area contributed by atoms with E-state index in [9.17, 15) is 0 Å². The lowest BCUT2D eigenvalue weighted by Crippen LogP contribution is -1.95. The third-order valence-corrected chi connectivity index (χ3v) is 8.70. The Morgan fingerprint density at radius 2 is 1.07 bits per heavy atom. The number of aromatic amines is 1. The van der Waals surface area contributed by atoms with Crippen molar-refractivity contribution >= 4 is 54.4 Å². The fourth-order valence-electron chi connectivity index (χ4n) is 6.71. The lowest BCUT2D eigenvalue weighted by atomic mass is 10.00. The van der Waals surface area contributed by atoms with Crippen LogP contribution >= 0.6 is 0 Å². The summed E-state index contributed by atoms with van der Waals surface area (Å²) in [5, 5.41) is 7.56. The molecule has 2 nitrogen and oxygen atoms in total. The number of H-pyrrole nitrogens is 1. The summed E-state index contributed by atoms with van der Waals surface area (Å²) < 4.78 is 2.45. The zero-order valence-electron chi connectivity index (χ0n) is 22.9. The predicted octanol–water partition coefficient (Wildman–Crippen LogP) is 10.9. The van der Waals surface area contributed by atoms with Crippen molar-refractivity contribution in [2.75, 3.05) is 0 Å². The van der Waals surface area contributed by atoms with E-state index in [1.807, 2.05) is 0 Å². The molecular formula is C40H26N2. The average Bonchev–Trinajstić information content (AvgIpc) is 3.60. The SMILES string of the molecule is c1ccc(-c2cccc(-n3c4ccc(-c5ccc6[nH]c7ccccc7c6c5)cc4c4ccc5ccccc5c43)c2)cc1. The van der Waals surface area contributed by atoms with Crippen LogP contribution in [0.1, 0.15) is 0 Å². The number of para-hydroxylation sites is 1. The largest absolute Gasteiger partial charge is 0.355 e. The Hall–Kier alpha value is -5.60. The fraction of sp³-hybridized carbons (Fsp3) is 0. The van der Waals surface area contributed by atoms with E-state index in [1.54, 1.807) is 0 Å². The molecule has 2 aromatic heterocycles. The van der Waals surface area contributed by atoms with Gasteiger partial charge in [0.05, 0.1) is 11.0 Å².